The van der Waals surface area contributed by atoms with Crippen LogP contribution in [0.2, 0.25) is 0 Å². The number of benzene rings is 4. The molecule has 0 amide bonds. The summed E-state index contributed by atoms with van der Waals surface area (Å²) in [5, 5.41) is 80.6. The molecule has 5 bridgehead atoms. The number of Topliss-reactive ketones (excluding diaryl/α,β-unsaturated/α-hetero) is 2. The van der Waals surface area contributed by atoms with Crippen molar-refractivity contribution in [1.82, 2.24) is 5.32 Å². The van der Waals surface area contributed by atoms with E-state index in [4.69, 9.17) is 9.47 Å². The van der Waals surface area contributed by atoms with Gasteiger partial charge in [-0.1, -0.05) is 106 Å². The zero-order valence-corrected chi connectivity index (χ0v) is 50.2. The number of unbranched alkanes of at least 4 members (excludes halogenated alkanes) is 2. The number of hydrogen-bond donors (Lipinski definition) is 8. The number of hydrogen-bond acceptors (Lipinski definition) is 16. The van der Waals surface area contributed by atoms with E-state index in [0.717, 1.165) is 145 Å². The molecule has 4 aromatic carbocycles. The molecule has 2 saturated heterocycles. The van der Waals surface area contributed by atoms with Gasteiger partial charge in [-0.3, -0.25) is 14.9 Å². The zero-order valence-electron chi connectivity index (χ0n) is 46.9. The van der Waals surface area contributed by atoms with E-state index in [9.17, 15) is 35.4 Å². The maximum Gasteiger partial charge on any atom is 0.168 e. The van der Waals surface area contributed by atoms with Crippen molar-refractivity contribution < 1.29 is 49.7 Å². The molecule has 4 fully saturated rings. The Labute approximate surface area is 488 Å². The molecule has 4 aromatic rings. The van der Waals surface area contributed by atoms with Crippen LogP contribution >= 0.6 is 43.2 Å². The highest BCUT2D eigenvalue weighted by molar-refractivity contribution is 8.78. The molecule has 80 heavy (non-hydrogen) atoms. The van der Waals surface area contributed by atoms with Crippen molar-refractivity contribution in [2.24, 2.45) is 17.8 Å². The number of aliphatic hydroxyl groups excluding tert-OH is 3. The van der Waals surface area contributed by atoms with Crippen molar-refractivity contribution in [3.63, 3.8) is 0 Å². The van der Waals surface area contributed by atoms with Gasteiger partial charge in [0.15, 0.2) is 17.3 Å². The van der Waals surface area contributed by atoms with Crippen LogP contribution in [0.25, 0.3) is 21.9 Å². The van der Waals surface area contributed by atoms with E-state index in [1.165, 1.54) is 0 Å². The van der Waals surface area contributed by atoms with Crippen LogP contribution in [0.3, 0.4) is 0 Å². The number of phenolic OH excluding ortho intramolecular Hbond substituents is 2. The highest BCUT2D eigenvalue weighted by Gasteiger charge is 2.53. The predicted molar refractivity (Wildman–Crippen MR) is 326 cm³/mol. The third kappa shape index (κ3) is 11.7. The van der Waals surface area contributed by atoms with E-state index in [-0.39, 0.29) is 90.0 Å². The van der Waals surface area contributed by atoms with Gasteiger partial charge in [0.2, 0.25) is 0 Å². The predicted octanol–water partition coefficient (Wildman–Crippen LogP) is 12.9. The van der Waals surface area contributed by atoms with Crippen LogP contribution in [0, 0.1) is 17.8 Å². The van der Waals surface area contributed by atoms with Gasteiger partial charge in [0.25, 0.3) is 0 Å². The van der Waals surface area contributed by atoms with Gasteiger partial charge in [-0.25, -0.2) is 0 Å². The summed E-state index contributed by atoms with van der Waals surface area (Å²) in [4.78, 5) is 28.5. The van der Waals surface area contributed by atoms with Crippen LogP contribution in [-0.2, 0) is 33.1 Å². The Morgan fingerprint density at radius 3 is 2.50 bits per heavy atom. The van der Waals surface area contributed by atoms with Gasteiger partial charge >= 0.3 is 0 Å². The van der Waals surface area contributed by atoms with Crippen LogP contribution in [0.4, 0.5) is 5.69 Å². The van der Waals surface area contributed by atoms with Gasteiger partial charge in [0, 0.05) is 59.1 Å². The molecule has 3 aliphatic carbocycles. The molecular formula is C64H84N2O10S4. The summed E-state index contributed by atoms with van der Waals surface area (Å²) in [6.45, 7) is 3.64. The van der Waals surface area contributed by atoms with Crippen molar-refractivity contribution >= 4 is 71.2 Å². The molecule has 8 aliphatic rings. The van der Waals surface area contributed by atoms with Crippen molar-refractivity contribution in [3.8, 4) is 28.4 Å². The average molecular weight is 1170 g/mol. The third-order valence-corrected chi connectivity index (χ3v) is 26.4. The van der Waals surface area contributed by atoms with E-state index in [2.05, 4.69) is 29.7 Å². The van der Waals surface area contributed by atoms with Crippen LogP contribution in [0.15, 0.2) is 48.5 Å². The fraction of sp³-hybridized carbons (Fsp3) is 0.625. The number of carbonyl (C=O) groups excluding carboxylic acids is 2. The number of carbonyl (C=O) groups is 2. The summed E-state index contributed by atoms with van der Waals surface area (Å²) < 4.78 is 13.3. The smallest absolute Gasteiger partial charge is 0.168 e. The number of anilines is 1. The standard InChI is InChI=1S/C64H84N2O10S4/c1-4-5-6-9-56-64-25-20-39(29-55(64)73)54(31-45(71)16-11-38-14-19-53(72)61(75-3)57(38)46-17-12-37-10-15-44(70)30-47(37)50(46)35-78-80-64)76-62-49-27-42(33-68)60-58-40(13-18-51(65-60)36(2)69)26-41(32-67)48(59(49)58)28-43(34-77-79-56)52(66-62)21-24-63(74)22-7-8-23-63/h10,12,14-15,17,19,27,30,39-41,43,48,51-52,54-56,62,65-68,70,72-74H,4-9,11,13,16,18,20-26,28-29,31-35H2,1-3H3. The van der Waals surface area contributed by atoms with Gasteiger partial charge in [-0.05, 0) is 188 Å². The van der Waals surface area contributed by atoms with Gasteiger partial charge in [0.05, 0.1) is 42.3 Å². The van der Waals surface area contributed by atoms with E-state index in [1.807, 2.05) is 45.9 Å². The van der Waals surface area contributed by atoms with Crippen molar-refractivity contribution in [2.45, 2.75) is 213 Å². The molecule has 12 unspecified atom stereocenters. The van der Waals surface area contributed by atoms with Crippen LogP contribution in [0.1, 0.15) is 187 Å². The maximum atomic E-state index is 15.2. The minimum absolute atomic E-state index is 0.00569. The summed E-state index contributed by atoms with van der Waals surface area (Å²) in [7, 11) is 8.97. The Hall–Kier alpha value is -3.16. The van der Waals surface area contributed by atoms with Crippen LogP contribution in [-0.4, -0.2) is 102 Å². The van der Waals surface area contributed by atoms with Gasteiger partial charge in [0.1, 0.15) is 17.8 Å². The second-order valence-electron chi connectivity index (χ2n) is 24.8. The number of aromatic hydroxyl groups is 2. The van der Waals surface area contributed by atoms with Gasteiger partial charge in [-0.2, -0.15) is 0 Å². The van der Waals surface area contributed by atoms with Crippen LogP contribution < -0.4 is 15.4 Å². The molecule has 0 aromatic heterocycles. The third-order valence-electron chi connectivity index (χ3n) is 19.9. The summed E-state index contributed by atoms with van der Waals surface area (Å²) in [5.41, 5.74) is 7.37. The molecular weight excluding hydrogens is 1080 g/mol. The number of fused-ring (bicyclic) bond motifs is 9. The SMILES string of the molecule is CCCCCC1SSCC2CC3c4c(cc(CO)c5c4C(CCC(C(C)=O)N5)CC3CO)C(NC2CCC2(O)CCCC2)OC2CC(=O)CCc3ccc(O)c(OC)c3-c3ccc4ccc(O)cc4c3CSSC13CCC2CC3O. The van der Waals surface area contributed by atoms with E-state index in [1.54, 1.807) is 47.8 Å². The fourth-order valence-corrected chi connectivity index (χ4v) is 23.2. The molecule has 16 heteroatoms. The maximum absolute atomic E-state index is 15.2. The minimum Gasteiger partial charge on any atom is -0.508 e. The zero-order chi connectivity index (χ0) is 55.9. The Kier molecular flexibility index (Phi) is 18.5. The second-order valence-corrected chi connectivity index (χ2v) is 30.0. The number of ketones is 2. The number of ether oxygens (including phenoxy) is 2. The van der Waals surface area contributed by atoms with Crippen molar-refractivity contribution in [2.75, 3.05) is 24.8 Å². The van der Waals surface area contributed by atoms with Crippen molar-refractivity contribution in [1.29, 1.82) is 0 Å². The van der Waals surface area contributed by atoms with E-state index < -0.39 is 34.8 Å². The first-order chi connectivity index (χ1) is 38.7. The first-order valence-electron chi connectivity index (χ1n) is 30.0. The molecule has 434 valence electrons. The molecule has 2 saturated carbocycles. The minimum atomic E-state index is -0.745. The average Bonchev–Trinajstić information content (AvgIpc) is 3.32. The van der Waals surface area contributed by atoms with Crippen LogP contribution in [0.5, 0.6) is 17.2 Å². The first kappa shape index (κ1) is 58.6. The number of aliphatic hydroxyl groups is 4. The summed E-state index contributed by atoms with van der Waals surface area (Å²) in [6.07, 6.45) is 12.5. The Bertz CT molecular complexity index is 2900. The molecule has 12 rings (SSSR count). The lowest BCUT2D eigenvalue weighted by molar-refractivity contribution is -0.130. The highest BCUT2D eigenvalue weighted by atomic mass is 33.1. The highest BCUT2D eigenvalue weighted by Crippen LogP contribution is 2.60. The van der Waals surface area contributed by atoms with Crippen molar-refractivity contribution in [3.05, 3.63) is 81.9 Å². The number of phenols is 2. The molecule has 0 spiro atoms. The lowest BCUT2D eigenvalue weighted by Gasteiger charge is -2.50. The van der Waals surface area contributed by atoms with Gasteiger partial charge in [-0.15, -0.1) is 0 Å². The quantitative estimate of drug-likeness (QED) is 0.0521. The molecule has 0 radical (unpaired) electrons. The molecule has 5 aliphatic heterocycles. The lowest BCUT2D eigenvalue weighted by Crippen LogP contribution is -2.53. The number of aryl methyl sites for hydroxylation is 1. The second kappa shape index (κ2) is 25.2. The molecule has 12 nitrogen and oxygen atoms in total. The Balaban J connectivity index is 1.09. The number of methoxy groups -OCH3 is 1. The normalized spacial score (nSPS) is 31.5. The Morgan fingerprint density at radius 2 is 1.74 bits per heavy atom. The van der Waals surface area contributed by atoms with E-state index >= 15 is 4.79 Å². The summed E-state index contributed by atoms with van der Waals surface area (Å²) in [5.74, 6) is 1.70. The molecule has 8 N–H and O–H groups in total. The first-order valence-corrected chi connectivity index (χ1v) is 34.7. The number of nitrogens with one attached hydrogen (secondary N) is 2. The monoisotopic (exact) mass is 1170 g/mol. The summed E-state index contributed by atoms with van der Waals surface area (Å²) in [6, 6.07) is 14.7. The fourth-order valence-electron chi connectivity index (χ4n) is 15.6. The molecule has 12 atom stereocenters. The topological polar surface area (TPSA) is 198 Å². The van der Waals surface area contributed by atoms with Gasteiger partial charge < -0.3 is 45.4 Å². The molecule has 5 heterocycles. The lowest BCUT2D eigenvalue weighted by atomic mass is 9.63. The van der Waals surface area contributed by atoms with E-state index in [0.29, 0.717) is 48.3 Å². The summed E-state index contributed by atoms with van der Waals surface area (Å²) >= 11 is 0. The largest absolute Gasteiger partial charge is 0.508 e. The Morgan fingerprint density at radius 1 is 0.912 bits per heavy atom. The number of rotatable bonds is 11.